The first-order valence-corrected chi connectivity index (χ1v) is 10.9. The van der Waals surface area contributed by atoms with Crippen molar-refractivity contribution in [3.05, 3.63) is 35.9 Å². The summed E-state index contributed by atoms with van der Waals surface area (Å²) in [7, 11) is 0. The number of likely N-dealkylation sites (tertiary alicyclic amines) is 1. The Morgan fingerprint density at radius 1 is 1.11 bits per heavy atom. The number of piperidine rings is 1. The highest BCUT2D eigenvalue weighted by molar-refractivity contribution is 5.85. The van der Waals surface area contributed by atoms with Gasteiger partial charge in [-0.05, 0) is 57.1 Å². The zero-order chi connectivity index (χ0) is 19.7. The predicted octanol–water partition coefficient (Wildman–Crippen LogP) is 2.59. The molecule has 0 unspecified atom stereocenters. The lowest BCUT2D eigenvalue weighted by atomic mass is 9.68. The van der Waals surface area contributed by atoms with E-state index in [1.165, 1.54) is 12.0 Å². The number of benzene rings is 1. The maximum Gasteiger partial charge on any atom is 0.230 e. The maximum atomic E-state index is 13.9. The van der Waals surface area contributed by atoms with Crippen LogP contribution in [0.2, 0.25) is 0 Å². The second-order valence-electron chi connectivity index (χ2n) is 8.98. The third-order valence-corrected chi connectivity index (χ3v) is 7.34. The average molecular weight is 384 g/mol. The van der Waals surface area contributed by atoms with Crippen molar-refractivity contribution in [3.63, 3.8) is 0 Å². The zero-order valence-electron chi connectivity index (χ0n) is 17.0. The van der Waals surface area contributed by atoms with Crippen molar-refractivity contribution < 1.29 is 9.59 Å². The molecule has 3 fully saturated rings. The van der Waals surface area contributed by atoms with Gasteiger partial charge in [0.05, 0.1) is 5.41 Å². The van der Waals surface area contributed by atoms with Crippen LogP contribution >= 0.6 is 0 Å². The van der Waals surface area contributed by atoms with Crippen LogP contribution in [0.1, 0.15) is 51.0 Å². The number of hydrogen-bond acceptors (Lipinski definition) is 3. The fraction of sp³-hybridized carbons (Fsp3) is 0.652. The highest BCUT2D eigenvalue weighted by Crippen LogP contribution is 2.52. The molecule has 2 N–H and O–H groups in total. The summed E-state index contributed by atoms with van der Waals surface area (Å²) in [5.74, 6) is 0.0125. The van der Waals surface area contributed by atoms with Crippen molar-refractivity contribution in [1.82, 2.24) is 9.80 Å². The van der Waals surface area contributed by atoms with E-state index in [4.69, 9.17) is 5.73 Å². The lowest BCUT2D eigenvalue weighted by Gasteiger charge is -2.42. The molecule has 0 aliphatic carbocycles. The van der Waals surface area contributed by atoms with E-state index < -0.39 is 0 Å². The largest absolute Gasteiger partial charge is 0.369 e. The molecule has 5 heteroatoms. The summed E-state index contributed by atoms with van der Waals surface area (Å²) < 4.78 is 0. The minimum absolute atomic E-state index is 0.0780. The summed E-state index contributed by atoms with van der Waals surface area (Å²) >= 11 is 0. The first-order valence-electron chi connectivity index (χ1n) is 10.9. The molecule has 2 amide bonds. The first kappa shape index (κ1) is 19.4. The van der Waals surface area contributed by atoms with Gasteiger partial charge in [-0.1, -0.05) is 37.3 Å². The highest BCUT2D eigenvalue weighted by Gasteiger charge is 2.60. The van der Waals surface area contributed by atoms with Crippen LogP contribution in [0.5, 0.6) is 0 Å². The van der Waals surface area contributed by atoms with Crippen LogP contribution in [0.15, 0.2) is 30.3 Å². The van der Waals surface area contributed by atoms with E-state index in [2.05, 4.69) is 36.1 Å². The zero-order valence-corrected chi connectivity index (χ0v) is 17.0. The molecule has 2 bridgehead atoms. The molecule has 3 aliphatic rings. The molecule has 0 radical (unpaired) electrons. The number of rotatable bonds is 6. The quantitative estimate of drug-likeness (QED) is 0.821. The molecule has 1 aromatic rings. The Balaban J connectivity index is 1.59. The second-order valence-corrected chi connectivity index (χ2v) is 8.98. The number of carbonyl (C=O) groups excluding carboxylic acids is 2. The van der Waals surface area contributed by atoms with E-state index in [-0.39, 0.29) is 17.2 Å². The summed E-state index contributed by atoms with van der Waals surface area (Å²) in [5, 5.41) is 0. The summed E-state index contributed by atoms with van der Waals surface area (Å²) in [4.78, 5) is 30.1. The van der Waals surface area contributed by atoms with Crippen LogP contribution in [0.3, 0.4) is 0 Å². The number of nitrogens with two attached hydrogens (primary N) is 1. The fourth-order valence-corrected chi connectivity index (χ4v) is 6.04. The monoisotopic (exact) mass is 383 g/mol. The van der Waals surface area contributed by atoms with Crippen molar-refractivity contribution in [2.75, 3.05) is 19.6 Å². The standard InChI is InChI=1S/C23H33N3O2/c1-2-12-26-19-8-9-20(26)23(16-19,15-17-6-4-3-5-7-17)22(28)25-13-10-18(11-14-25)21(24)27/h3-7,18-20H,2,8-16H2,1H3,(H2,24,27)/t19-,20+,23+/m0/s1. The summed E-state index contributed by atoms with van der Waals surface area (Å²) in [5.41, 5.74) is 6.43. The van der Waals surface area contributed by atoms with Crippen molar-refractivity contribution in [3.8, 4) is 0 Å². The third kappa shape index (κ3) is 3.34. The molecule has 3 saturated heterocycles. The normalized spacial score (nSPS) is 30.7. The van der Waals surface area contributed by atoms with Crippen molar-refractivity contribution in [2.24, 2.45) is 17.1 Å². The predicted molar refractivity (Wildman–Crippen MR) is 110 cm³/mol. The van der Waals surface area contributed by atoms with Crippen LogP contribution in [-0.2, 0) is 16.0 Å². The van der Waals surface area contributed by atoms with Crippen LogP contribution < -0.4 is 5.73 Å². The highest BCUT2D eigenvalue weighted by atomic mass is 16.2. The molecule has 0 aromatic heterocycles. The Morgan fingerprint density at radius 2 is 1.82 bits per heavy atom. The van der Waals surface area contributed by atoms with Gasteiger partial charge in [0.15, 0.2) is 0 Å². The summed E-state index contributed by atoms with van der Waals surface area (Å²) in [6.45, 7) is 4.64. The molecular weight excluding hydrogens is 350 g/mol. The lowest BCUT2D eigenvalue weighted by molar-refractivity contribution is -0.146. The number of nitrogens with zero attached hydrogens (tertiary/aromatic N) is 2. The van der Waals surface area contributed by atoms with Gasteiger partial charge >= 0.3 is 0 Å². The average Bonchev–Trinajstić information content (AvgIpc) is 3.23. The van der Waals surface area contributed by atoms with Gasteiger partial charge in [0, 0.05) is 31.1 Å². The number of amides is 2. The molecule has 1 aromatic carbocycles. The first-order chi connectivity index (χ1) is 13.5. The number of fused-ring (bicyclic) bond motifs is 2. The van der Waals surface area contributed by atoms with Crippen LogP contribution in [0.4, 0.5) is 0 Å². The second kappa shape index (κ2) is 7.86. The van der Waals surface area contributed by atoms with Gasteiger partial charge in [-0.25, -0.2) is 0 Å². The third-order valence-electron chi connectivity index (χ3n) is 7.34. The number of carbonyl (C=O) groups is 2. The van der Waals surface area contributed by atoms with Gasteiger partial charge in [0.1, 0.15) is 0 Å². The van der Waals surface area contributed by atoms with Gasteiger partial charge in [0.25, 0.3) is 0 Å². The Bertz CT molecular complexity index is 714. The van der Waals surface area contributed by atoms with Crippen LogP contribution in [0, 0.1) is 11.3 Å². The van der Waals surface area contributed by atoms with E-state index in [0.29, 0.717) is 43.9 Å². The van der Waals surface area contributed by atoms with Crippen molar-refractivity contribution in [2.45, 2.75) is 64.0 Å². The minimum Gasteiger partial charge on any atom is -0.369 e. The topological polar surface area (TPSA) is 66.6 Å². The molecule has 4 rings (SSSR count). The molecule has 3 heterocycles. The van der Waals surface area contributed by atoms with Crippen molar-refractivity contribution in [1.29, 1.82) is 0 Å². The molecule has 5 nitrogen and oxygen atoms in total. The number of hydrogen-bond donors (Lipinski definition) is 1. The van der Waals surface area contributed by atoms with Gasteiger partial charge in [-0.15, -0.1) is 0 Å². The van der Waals surface area contributed by atoms with E-state index in [0.717, 1.165) is 32.2 Å². The van der Waals surface area contributed by atoms with E-state index >= 15 is 0 Å². The molecule has 3 aliphatic heterocycles. The van der Waals surface area contributed by atoms with Crippen molar-refractivity contribution >= 4 is 11.8 Å². The summed E-state index contributed by atoms with van der Waals surface area (Å²) in [6, 6.07) is 11.4. The van der Waals surface area contributed by atoms with Gasteiger partial charge in [0.2, 0.25) is 11.8 Å². The maximum absolute atomic E-state index is 13.9. The summed E-state index contributed by atoms with van der Waals surface area (Å²) in [6.07, 6.45) is 6.68. The molecule has 28 heavy (non-hydrogen) atoms. The van der Waals surface area contributed by atoms with E-state index in [1.54, 1.807) is 0 Å². The van der Waals surface area contributed by atoms with E-state index in [9.17, 15) is 9.59 Å². The molecular formula is C23H33N3O2. The van der Waals surface area contributed by atoms with Gasteiger partial charge in [-0.3, -0.25) is 14.5 Å². The Morgan fingerprint density at radius 3 is 2.46 bits per heavy atom. The Kier molecular flexibility index (Phi) is 5.46. The van der Waals surface area contributed by atoms with Crippen LogP contribution in [-0.4, -0.2) is 53.3 Å². The molecule has 0 spiro atoms. The number of primary amides is 1. The lowest BCUT2D eigenvalue weighted by Crippen LogP contribution is -2.54. The Labute approximate surface area is 168 Å². The van der Waals surface area contributed by atoms with E-state index in [1.807, 2.05) is 11.0 Å². The SMILES string of the molecule is CCCN1[C@H]2CC[C@@H]1[C@](Cc1ccccc1)(C(=O)N1CCC(C(N)=O)CC1)C2. The van der Waals surface area contributed by atoms with Gasteiger partial charge in [-0.2, -0.15) is 0 Å². The molecule has 0 saturated carbocycles. The molecule has 3 atom stereocenters. The molecule has 152 valence electrons. The van der Waals surface area contributed by atoms with Gasteiger partial charge < -0.3 is 10.6 Å². The minimum atomic E-state index is -0.320. The van der Waals surface area contributed by atoms with Crippen LogP contribution in [0.25, 0.3) is 0 Å². The Hall–Kier alpha value is -1.88. The fourth-order valence-electron chi connectivity index (χ4n) is 6.04. The smallest absolute Gasteiger partial charge is 0.230 e.